The number of para-hydroxylation sites is 1. The molecule has 1 N–H and O–H groups in total. The van der Waals surface area contributed by atoms with E-state index in [2.05, 4.69) is 5.32 Å². The van der Waals surface area contributed by atoms with Crippen molar-refractivity contribution in [3.05, 3.63) is 29.8 Å². The van der Waals surface area contributed by atoms with Crippen molar-refractivity contribution in [3.8, 4) is 5.75 Å². The molecule has 5 nitrogen and oxygen atoms in total. The Kier molecular flexibility index (Phi) is 4.83. The molecule has 1 aromatic rings. The molecule has 2 unspecified atom stereocenters. The largest absolute Gasteiger partial charge is 0.496 e. The van der Waals surface area contributed by atoms with Gasteiger partial charge in [0.05, 0.1) is 12.5 Å². The average molecular weight is 392 g/mol. The maximum atomic E-state index is 12.8. The van der Waals surface area contributed by atoms with E-state index in [0.717, 1.165) is 37.0 Å². The minimum atomic E-state index is -0.477. The van der Waals surface area contributed by atoms with Gasteiger partial charge >= 0.3 is 5.97 Å². The van der Waals surface area contributed by atoms with Crippen molar-refractivity contribution in [1.82, 2.24) is 5.32 Å². The minimum absolute atomic E-state index is 0.241. The number of esters is 1. The SMILES string of the molecule is COc1ccccc1CNC(=O)COC(=O)C12C[C@@H]3C[C@@H](CC(Cl)(C3)C1)C2. The van der Waals surface area contributed by atoms with Gasteiger partial charge in [0.15, 0.2) is 6.61 Å². The van der Waals surface area contributed by atoms with Crippen LogP contribution in [0, 0.1) is 17.3 Å². The summed E-state index contributed by atoms with van der Waals surface area (Å²) in [4.78, 5) is 24.8. The number of alkyl halides is 1. The Balaban J connectivity index is 1.31. The fourth-order valence-electron chi connectivity index (χ4n) is 5.77. The van der Waals surface area contributed by atoms with Crippen molar-refractivity contribution in [2.24, 2.45) is 17.3 Å². The van der Waals surface area contributed by atoms with Gasteiger partial charge in [0.2, 0.25) is 0 Å². The molecule has 0 aliphatic heterocycles. The number of carbonyl (C=O) groups is 2. The van der Waals surface area contributed by atoms with E-state index in [9.17, 15) is 9.59 Å². The Bertz CT molecular complexity index is 735. The first-order valence-electron chi connectivity index (χ1n) is 9.66. The highest BCUT2D eigenvalue weighted by molar-refractivity contribution is 6.24. The third-order valence-electron chi connectivity index (χ3n) is 6.43. The quantitative estimate of drug-likeness (QED) is 0.596. The lowest BCUT2D eigenvalue weighted by atomic mass is 9.49. The maximum Gasteiger partial charge on any atom is 0.312 e. The smallest absolute Gasteiger partial charge is 0.312 e. The van der Waals surface area contributed by atoms with Crippen molar-refractivity contribution >= 4 is 23.5 Å². The van der Waals surface area contributed by atoms with Gasteiger partial charge in [-0.1, -0.05) is 18.2 Å². The average Bonchev–Trinajstić information content (AvgIpc) is 2.62. The van der Waals surface area contributed by atoms with Gasteiger partial charge in [-0.3, -0.25) is 9.59 Å². The fraction of sp³-hybridized carbons (Fsp3) is 0.619. The molecule has 0 radical (unpaired) electrons. The number of carbonyl (C=O) groups excluding carboxylic acids is 2. The van der Waals surface area contributed by atoms with Crippen LogP contribution in [0.5, 0.6) is 5.75 Å². The number of hydrogen-bond acceptors (Lipinski definition) is 4. The standard InChI is InChI=1S/C21H26ClNO4/c1-26-17-5-3-2-4-16(17)11-23-18(24)12-27-19(25)20-7-14-6-15(8-20)10-21(22,9-14)13-20/h2-5,14-15H,6-13H2,1H3,(H,23,24)/t14-,15+,20?,21?. The van der Waals surface area contributed by atoms with Crippen LogP contribution in [0.15, 0.2) is 24.3 Å². The molecule has 0 saturated heterocycles. The summed E-state index contributed by atoms with van der Waals surface area (Å²) in [5.74, 6) is 1.22. The molecule has 4 bridgehead atoms. The van der Waals surface area contributed by atoms with Crippen molar-refractivity contribution < 1.29 is 19.1 Å². The highest BCUT2D eigenvalue weighted by Gasteiger charge is 2.60. The van der Waals surface area contributed by atoms with Gasteiger partial charge in [-0.25, -0.2) is 0 Å². The van der Waals surface area contributed by atoms with Gasteiger partial charge in [0.25, 0.3) is 5.91 Å². The number of benzene rings is 1. The Hall–Kier alpha value is -1.75. The van der Waals surface area contributed by atoms with E-state index in [4.69, 9.17) is 21.1 Å². The molecule has 4 saturated carbocycles. The van der Waals surface area contributed by atoms with Crippen LogP contribution in [-0.2, 0) is 20.9 Å². The van der Waals surface area contributed by atoms with E-state index in [1.54, 1.807) is 7.11 Å². The summed E-state index contributed by atoms with van der Waals surface area (Å²) in [7, 11) is 1.59. The Morgan fingerprint density at radius 1 is 1.19 bits per heavy atom. The van der Waals surface area contributed by atoms with Crippen LogP contribution in [-0.4, -0.2) is 30.5 Å². The lowest BCUT2D eigenvalue weighted by Gasteiger charge is -2.58. The second-order valence-corrected chi connectivity index (χ2v) is 9.36. The summed E-state index contributed by atoms with van der Waals surface area (Å²) in [6, 6.07) is 7.50. The first-order valence-corrected chi connectivity index (χ1v) is 10.0. The molecular formula is C21H26ClNO4. The number of ether oxygens (including phenoxy) is 2. The number of amides is 1. The van der Waals surface area contributed by atoms with E-state index in [-0.39, 0.29) is 23.4 Å². The monoisotopic (exact) mass is 391 g/mol. The second-order valence-electron chi connectivity index (χ2n) is 8.56. The molecule has 5 rings (SSSR count). The Labute approximate surface area is 164 Å². The van der Waals surface area contributed by atoms with Crippen molar-refractivity contribution in [2.75, 3.05) is 13.7 Å². The van der Waals surface area contributed by atoms with Crippen molar-refractivity contribution in [2.45, 2.75) is 49.9 Å². The third kappa shape index (κ3) is 3.66. The molecule has 146 valence electrons. The highest BCUT2D eigenvalue weighted by atomic mass is 35.5. The molecule has 0 spiro atoms. The third-order valence-corrected chi connectivity index (χ3v) is 6.87. The molecule has 27 heavy (non-hydrogen) atoms. The molecule has 6 heteroatoms. The predicted molar refractivity (Wildman–Crippen MR) is 101 cm³/mol. The molecule has 4 fully saturated rings. The van der Waals surface area contributed by atoms with Crippen molar-refractivity contribution in [1.29, 1.82) is 0 Å². The molecule has 1 aromatic carbocycles. The van der Waals surface area contributed by atoms with Crippen LogP contribution in [0.2, 0.25) is 0 Å². The molecule has 1 amide bonds. The van der Waals surface area contributed by atoms with E-state index in [1.807, 2.05) is 24.3 Å². The van der Waals surface area contributed by atoms with Crippen LogP contribution < -0.4 is 10.1 Å². The van der Waals surface area contributed by atoms with Crippen LogP contribution in [0.1, 0.15) is 44.1 Å². The van der Waals surface area contributed by atoms with Gasteiger partial charge in [0.1, 0.15) is 5.75 Å². The summed E-state index contributed by atoms with van der Waals surface area (Å²) >= 11 is 6.77. The summed E-state index contributed by atoms with van der Waals surface area (Å²) in [6.07, 6.45) is 5.62. The number of rotatable bonds is 6. The Morgan fingerprint density at radius 3 is 2.56 bits per heavy atom. The van der Waals surface area contributed by atoms with E-state index < -0.39 is 5.41 Å². The molecule has 0 heterocycles. The van der Waals surface area contributed by atoms with Gasteiger partial charge in [0, 0.05) is 17.0 Å². The minimum Gasteiger partial charge on any atom is -0.496 e. The number of nitrogens with one attached hydrogen (secondary N) is 1. The van der Waals surface area contributed by atoms with Gasteiger partial charge in [-0.15, -0.1) is 11.6 Å². The van der Waals surface area contributed by atoms with Crippen LogP contribution in [0.4, 0.5) is 0 Å². The molecule has 4 aliphatic carbocycles. The first kappa shape index (κ1) is 18.6. The molecular weight excluding hydrogens is 366 g/mol. The lowest BCUT2D eigenvalue weighted by Crippen LogP contribution is -2.56. The number of methoxy groups -OCH3 is 1. The van der Waals surface area contributed by atoms with E-state index >= 15 is 0 Å². The zero-order valence-electron chi connectivity index (χ0n) is 15.6. The van der Waals surface area contributed by atoms with Crippen LogP contribution in [0.3, 0.4) is 0 Å². The van der Waals surface area contributed by atoms with Crippen LogP contribution >= 0.6 is 11.6 Å². The lowest BCUT2D eigenvalue weighted by molar-refractivity contribution is -0.171. The highest BCUT2D eigenvalue weighted by Crippen LogP contribution is 2.64. The summed E-state index contributed by atoms with van der Waals surface area (Å²) in [5.41, 5.74) is 0.402. The fourth-order valence-corrected chi connectivity index (χ4v) is 6.46. The summed E-state index contributed by atoms with van der Waals surface area (Å²) < 4.78 is 10.7. The zero-order valence-corrected chi connectivity index (χ0v) is 16.4. The predicted octanol–water partition coefficient (Wildman–Crippen LogP) is 3.43. The molecule has 4 aliphatic rings. The van der Waals surface area contributed by atoms with Crippen LogP contribution in [0.25, 0.3) is 0 Å². The molecule has 0 aromatic heterocycles. The van der Waals surface area contributed by atoms with Gasteiger partial charge in [-0.05, 0) is 56.4 Å². The van der Waals surface area contributed by atoms with Gasteiger partial charge < -0.3 is 14.8 Å². The zero-order chi connectivity index (χ0) is 19.1. The van der Waals surface area contributed by atoms with E-state index in [1.165, 1.54) is 6.42 Å². The first-order chi connectivity index (χ1) is 12.9. The number of halogens is 1. The summed E-state index contributed by atoms with van der Waals surface area (Å²) in [6.45, 7) is 0.0842. The van der Waals surface area contributed by atoms with Crippen molar-refractivity contribution in [3.63, 3.8) is 0 Å². The molecule has 4 atom stereocenters. The van der Waals surface area contributed by atoms with Gasteiger partial charge in [-0.2, -0.15) is 0 Å². The second kappa shape index (κ2) is 7.01. The topological polar surface area (TPSA) is 64.6 Å². The number of hydrogen-bond donors (Lipinski definition) is 1. The normalized spacial score (nSPS) is 33.6. The van der Waals surface area contributed by atoms with E-state index in [0.29, 0.717) is 24.8 Å². The Morgan fingerprint density at radius 2 is 1.89 bits per heavy atom. The maximum absolute atomic E-state index is 12.8. The summed E-state index contributed by atoms with van der Waals surface area (Å²) in [5, 5.41) is 2.79.